The third-order valence-corrected chi connectivity index (χ3v) is 2.08. The molecule has 78 valence electrons. The van der Waals surface area contributed by atoms with Gasteiger partial charge in [0.2, 0.25) is 5.91 Å². The maximum absolute atomic E-state index is 11.3. The second-order valence-electron chi connectivity index (χ2n) is 3.23. The molecule has 2 N–H and O–H groups in total. The molecule has 13 heavy (non-hydrogen) atoms. The normalized spacial score (nSPS) is 12.6. The molecule has 0 aliphatic heterocycles. The van der Waals surface area contributed by atoms with E-state index in [9.17, 15) is 4.79 Å². The van der Waals surface area contributed by atoms with Gasteiger partial charge < -0.3 is 15.3 Å². The number of carbonyl (C=O) groups excluding carboxylic acids is 1. The van der Waals surface area contributed by atoms with Gasteiger partial charge >= 0.3 is 0 Å². The van der Waals surface area contributed by atoms with Gasteiger partial charge in [0.05, 0.1) is 13.2 Å². The van der Waals surface area contributed by atoms with Crippen LogP contribution in [0, 0.1) is 0 Å². The second-order valence-corrected chi connectivity index (χ2v) is 3.23. The predicted octanol–water partition coefficient (Wildman–Crippen LogP) is -0.175. The zero-order valence-electron chi connectivity index (χ0n) is 8.71. The topological polar surface area (TPSA) is 52.6 Å². The summed E-state index contributed by atoms with van der Waals surface area (Å²) in [6.45, 7) is 4.89. The highest BCUT2D eigenvalue weighted by molar-refractivity contribution is 5.77. The summed E-state index contributed by atoms with van der Waals surface area (Å²) in [6, 6.07) is 0.367. The van der Waals surface area contributed by atoms with Crippen LogP contribution < -0.4 is 5.32 Å². The fraction of sp³-hybridized carbons (Fsp3) is 0.889. The molecule has 0 saturated heterocycles. The summed E-state index contributed by atoms with van der Waals surface area (Å²) < 4.78 is 0. The Morgan fingerprint density at radius 3 is 2.69 bits per heavy atom. The predicted molar refractivity (Wildman–Crippen MR) is 52.5 cm³/mol. The summed E-state index contributed by atoms with van der Waals surface area (Å²) in [5.41, 5.74) is 0. The first kappa shape index (κ1) is 12.4. The molecule has 0 spiro atoms. The molecule has 0 rings (SSSR count). The number of nitrogens with zero attached hydrogens (tertiary/aromatic N) is 1. The maximum atomic E-state index is 11.3. The molecule has 1 amide bonds. The Labute approximate surface area is 79.9 Å². The third kappa shape index (κ3) is 5.60. The van der Waals surface area contributed by atoms with E-state index in [0.717, 1.165) is 6.42 Å². The van der Waals surface area contributed by atoms with Crippen LogP contribution in [0.1, 0.15) is 20.3 Å². The van der Waals surface area contributed by atoms with Crippen molar-refractivity contribution in [3.63, 3.8) is 0 Å². The van der Waals surface area contributed by atoms with Crippen molar-refractivity contribution >= 4 is 5.91 Å². The number of hydrogen-bond acceptors (Lipinski definition) is 3. The van der Waals surface area contributed by atoms with E-state index in [4.69, 9.17) is 5.11 Å². The minimum Gasteiger partial charge on any atom is -0.395 e. The molecule has 4 nitrogen and oxygen atoms in total. The number of nitrogens with one attached hydrogen (secondary N) is 1. The van der Waals surface area contributed by atoms with Crippen LogP contribution in [0.4, 0.5) is 0 Å². The number of likely N-dealkylation sites (N-methyl/N-ethyl adjacent to an activating group) is 1. The first-order valence-electron chi connectivity index (χ1n) is 4.70. The van der Waals surface area contributed by atoms with Gasteiger partial charge in [-0.15, -0.1) is 0 Å². The zero-order valence-corrected chi connectivity index (χ0v) is 8.71. The Kier molecular flexibility index (Phi) is 6.54. The largest absolute Gasteiger partial charge is 0.395 e. The van der Waals surface area contributed by atoms with Gasteiger partial charge in [0, 0.05) is 19.6 Å². The third-order valence-electron chi connectivity index (χ3n) is 2.08. The van der Waals surface area contributed by atoms with Crippen LogP contribution in [-0.4, -0.2) is 48.7 Å². The number of hydrogen-bond donors (Lipinski definition) is 2. The van der Waals surface area contributed by atoms with Crippen LogP contribution >= 0.6 is 0 Å². The fourth-order valence-corrected chi connectivity index (χ4v) is 0.816. The lowest BCUT2D eigenvalue weighted by molar-refractivity contribution is -0.129. The van der Waals surface area contributed by atoms with Crippen LogP contribution in [-0.2, 0) is 4.79 Å². The van der Waals surface area contributed by atoms with E-state index in [2.05, 4.69) is 12.2 Å². The summed E-state index contributed by atoms with van der Waals surface area (Å²) in [4.78, 5) is 12.8. The molecule has 0 bridgehead atoms. The Hall–Kier alpha value is -0.610. The molecule has 0 fully saturated rings. The quantitative estimate of drug-likeness (QED) is 0.608. The van der Waals surface area contributed by atoms with E-state index >= 15 is 0 Å². The van der Waals surface area contributed by atoms with E-state index in [1.54, 1.807) is 7.05 Å². The molecule has 4 heteroatoms. The monoisotopic (exact) mass is 188 g/mol. The highest BCUT2D eigenvalue weighted by Crippen LogP contribution is 1.88. The lowest BCUT2D eigenvalue weighted by Crippen LogP contribution is -2.39. The summed E-state index contributed by atoms with van der Waals surface area (Å²) in [5.74, 6) is 0.0225. The van der Waals surface area contributed by atoms with Crippen LogP contribution in [0.15, 0.2) is 0 Å². The van der Waals surface area contributed by atoms with E-state index in [1.165, 1.54) is 4.90 Å². The van der Waals surface area contributed by atoms with Gasteiger partial charge in [-0.3, -0.25) is 4.79 Å². The van der Waals surface area contributed by atoms with Crippen molar-refractivity contribution in [2.45, 2.75) is 26.3 Å². The van der Waals surface area contributed by atoms with Crippen molar-refractivity contribution in [3.05, 3.63) is 0 Å². The van der Waals surface area contributed by atoms with Crippen LogP contribution in [0.5, 0.6) is 0 Å². The van der Waals surface area contributed by atoms with E-state index in [-0.39, 0.29) is 12.5 Å². The van der Waals surface area contributed by atoms with Gasteiger partial charge in [-0.2, -0.15) is 0 Å². The number of rotatable bonds is 6. The molecule has 0 heterocycles. The summed E-state index contributed by atoms with van der Waals surface area (Å²) in [6.07, 6.45) is 1.01. The summed E-state index contributed by atoms with van der Waals surface area (Å²) >= 11 is 0. The number of amides is 1. The number of aliphatic hydroxyl groups is 1. The van der Waals surface area contributed by atoms with Crippen molar-refractivity contribution in [1.29, 1.82) is 0 Å². The molecule has 0 aliphatic rings. The Balaban J connectivity index is 3.61. The van der Waals surface area contributed by atoms with Crippen LogP contribution in [0.3, 0.4) is 0 Å². The lowest BCUT2D eigenvalue weighted by Gasteiger charge is -2.17. The van der Waals surface area contributed by atoms with Gasteiger partial charge in [-0.05, 0) is 13.3 Å². The first-order valence-corrected chi connectivity index (χ1v) is 4.70. The van der Waals surface area contributed by atoms with Crippen molar-refractivity contribution in [2.24, 2.45) is 0 Å². The molecule has 1 atom stereocenters. The van der Waals surface area contributed by atoms with E-state index in [1.807, 2.05) is 6.92 Å². The van der Waals surface area contributed by atoms with Gasteiger partial charge in [-0.25, -0.2) is 0 Å². The Morgan fingerprint density at radius 2 is 2.23 bits per heavy atom. The standard InChI is InChI=1S/C9H20N2O2/c1-4-8(2)10-7-9(13)11(3)5-6-12/h8,10,12H,4-7H2,1-3H3. The molecule has 0 aromatic carbocycles. The van der Waals surface area contributed by atoms with Gasteiger partial charge in [0.1, 0.15) is 0 Å². The first-order chi connectivity index (χ1) is 6.11. The van der Waals surface area contributed by atoms with Gasteiger partial charge in [-0.1, -0.05) is 6.92 Å². The lowest BCUT2D eigenvalue weighted by atomic mass is 10.2. The molecule has 0 saturated carbocycles. The highest BCUT2D eigenvalue weighted by Gasteiger charge is 2.08. The van der Waals surface area contributed by atoms with Crippen LogP contribution in [0.25, 0.3) is 0 Å². The fourth-order valence-electron chi connectivity index (χ4n) is 0.816. The summed E-state index contributed by atoms with van der Waals surface area (Å²) in [7, 11) is 1.69. The van der Waals surface area contributed by atoms with Gasteiger partial charge in [0.15, 0.2) is 0 Å². The minimum absolute atomic E-state index is 0.0194. The van der Waals surface area contributed by atoms with E-state index in [0.29, 0.717) is 19.1 Å². The summed E-state index contributed by atoms with van der Waals surface area (Å²) in [5, 5.41) is 11.7. The minimum atomic E-state index is 0.0194. The molecule has 0 radical (unpaired) electrons. The molecule has 1 unspecified atom stereocenters. The molecular weight excluding hydrogens is 168 g/mol. The SMILES string of the molecule is CCC(C)NCC(=O)N(C)CCO. The van der Waals surface area contributed by atoms with Crippen molar-refractivity contribution in [3.8, 4) is 0 Å². The Bertz CT molecular complexity index is 151. The molecule has 0 aromatic rings. The smallest absolute Gasteiger partial charge is 0.236 e. The Morgan fingerprint density at radius 1 is 1.62 bits per heavy atom. The molecule has 0 aromatic heterocycles. The van der Waals surface area contributed by atoms with E-state index < -0.39 is 0 Å². The maximum Gasteiger partial charge on any atom is 0.236 e. The van der Waals surface area contributed by atoms with Crippen molar-refractivity contribution in [1.82, 2.24) is 10.2 Å². The molecule has 0 aliphatic carbocycles. The average molecular weight is 188 g/mol. The van der Waals surface area contributed by atoms with Crippen molar-refractivity contribution < 1.29 is 9.90 Å². The highest BCUT2D eigenvalue weighted by atomic mass is 16.3. The zero-order chi connectivity index (χ0) is 10.3. The second kappa shape index (κ2) is 6.86. The van der Waals surface area contributed by atoms with Crippen LogP contribution in [0.2, 0.25) is 0 Å². The number of carbonyl (C=O) groups is 1. The average Bonchev–Trinajstić information content (AvgIpc) is 2.13. The molecular formula is C9H20N2O2. The number of aliphatic hydroxyl groups excluding tert-OH is 1. The van der Waals surface area contributed by atoms with Crippen molar-refractivity contribution in [2.75, 3.05) is 26.7 Å². The van der Waals surface area contributed by atoms with Gasteiger partial charge in [0.25, 0.3) is 0 Å².